The highest BCUT2D eigenvalue weighted by molar-refractivity contribution is 5.85. The maximum absolute atomic E-state index is 11.9. The van der Waals surface area contributed by atoms with Crippen molar-refractivity contribution in [3.63, 3.8) is 0 Å². The van der Waals surface area contributed by atoms with Crippen molar-refractivity contribution >= 4 is 18.3 Å². The number of benzene rings is 1. The molecule has 22 heavy (non-hydrogen) atoms. The molecule has 1 aliphatic heterocycles. The largest absolute Gasteiger partial charge is 0.492 e. The second-order valence-corrected chi connectivity index (χ2v) is 5.87. The van der Waals surface area contributed by atoms with E-state index < -0.39 is 0 Å². The number of carbonyl (C=O) groups excluding carboxylic acids is 1. The molecule has 0 spiro atoms. The molecule has 1 atom stereocenters. The monoisotopic (exact) mass is 326 g/mol. The summed E-state index contributed by atoms with van der Waals surface area (Å²) in [6.45, 7) is 6.33. The van der Waals surface area contributed by atoms with Crippen molar-refractivity contribution in [1.82, 2.24) is 10.6 Å². The molecule has 1 aromatic rings. The lowest BCUT2D eigenvalue weighted by atomic mass is 10.0. The maximum Gasteiger partial charge on any atom is 0.237 e. The van der Waals surface area contributed by atoms with Crippen LogP contribution in [0.25, 0.3) is 0 Å². The van der Waals surface area contributed by atoms with E-state index in [2.05, 4.69) is 36.6 Å². The number of nitrogens with one attached hydrogen (secondary N) is 2. The molecular weight excluding hydrogens is 300 g/mol. The molecule has 2 rings (SSSR count). The summed E-state index contributed by atoms with van der Waals surface area (Å²) in [6, 6.07) is 8.12. The average Bonchev–Trinajstić information content (AvgIpc) is 2.52. The Labute approximate surface area is 139 Å². The Hall–Kier alpha value is -1.26. The number of hydrogen-bond donors (Lipinski definition) is 2. The van der Waals surface area contributed by atoms with E-state index in [0.29, 0.717) is 19.1 Å². The average molecular weight is 327 g/mol. The summed E-state index contributed by atoms with van der Waals surface area (Å²) >= 11 is 0. The summed E-state index contributed by atoms with van der Waals surface area (Å²) in [5.41, 5.74) is 1.30. The van der Waals surface area contributed by atoms with Gasteiger partial charge in [-0.15, -0.1) is 12.4 Å². The van der Waals surface area contributed by atoms with E-state index in [9.17, 15) is 4.79 Å². The van der Waals surface area contributed by atoms with Gasteiger partial charge in [-0.25, -0.2) is 0 Å². The van der Waals surface area contributed by atoms with Crippen LogP contribution in [0.1, 0.15) is 44.6 Å². The van der Waals surface area contributed by atoms with Crippen LogP contribution in [0.5, 0.6) is 5.75 Å². The molecule has 1 fully saturated rings. The predicted octanol–water partition coefficient (Wildman–Crippen LogP) is 2.87. The normalized spacial score (nSPS) is 17.7. The molecular formula is C17H27ClN2O2. The van der Waals surface area contributed by atoms with E-state index in [1.54, 1.807) is 0 Å². The van der Waals surface area contributed by atoms with Gasteiger partial charge >= 0.3 is 0 Å². The van der Waals surface area contributed by atoms with Crippen molar-refractivity contribution in [2.75, 3.05) is 19.7 Å². The van der Waals surface area contributed by atoms with Crippen molar-refractivity contribution in [2.45, 2.75) is 45.1 Å². The van der Waals surface area contributed by atoms with Crippen LogP contribution < -0.4 is 15.4 Å². The van der Waals surface area contributed by atoms with Crippen LogP contribution in [0.15, 0.2) is 24.3 Å². The number of piperidine rings is 1. The summed E-state index contributed by atoms with van der Waals surface area (Å²) in [5.74, 6) is 1.47. The van der Waals surface area contributed by atoms with Crippen molar-refractivity contribution < 1.29 is 9.53 Å². The van der Waals surface area contributed by atoms with Crippen LogP contribution in [-0.2, 0) is 4.79 Å². The lowest BCUT2D eigenvalue weighted by Crippen LogP contribution is -2.47. The zero-order chi connectivity index (χ0) is 15.1. The second-order valence-electron chi connectivity index (χ2n) is 5.87. The predicted molar refractivity (Wildman–Crippen MR) is 91.9 cm³/mol. The lowest BCUT2D eigenvalue weighted by molar-refractivity contribution is -0.123. The number of halogens is 1. The van der Waals surface area contributed by atoms with Crippen LogP contribution in [0, 0.1) is 0 Å². The summed E-state index contributed by atoms with van der Waals surface area (Å²) < 4.78 is 5.64. The van der Waals surface area contributed by atoms with Gasteiger partial charge in [-0.05, 0) is 43.0 Å². The number of amides is 1. The van der Waals surface area contributed by atoms with Crippen LogP contribution in [0.3, 0.4) is 0 Å². The molecule has 0 saturated carbocycles. The fraction of sp³-hybridized carbons (Fsp3) is 0.588. The Morgan fingerprint density at radius 3 is 2.64 bits per heavy atom. The van der Waals surface area contributed by atoms with Gasteiger partial charge in [0, 0.05) is 0 Å². The number of ether oxygens (including phenoxy) is 1. The SMILES string of the molecule is CC(C)c1ccc(OCCNC(=O)C2CCCCN2)cc1.Cl. The molecule has 1 aromatic carbocycles. The van der Waals surface area contributed by atoms with Gasteiger partial charge in [-0.3, -0.25) is 4.79 Å². The topological polar surface area (TPSA) is 50.4 Å². The van der Waals surface area contributed by atoms with E-state index in [4.69, 9.17) is 4.74 Å². The highest BCUT2D eigenvalue weighted by Gasteiger charge is 2.19. The molecule has 0 bridgehead atoms. The van der Waals surface area contributed by atoms with Gasteiger partial charge in [0.2, 0.25) is 5.91 Å². The maximum atomic E-state index is 11.9. The highest BCUT2D eigenvalue weighted by atomic mass is 35.5. The molecule has 5 heteroatoms. The first-order chi connectivity index (χ1) is 10.2. The first-order valence-corrected chi connectivity index (χ1v) is 7.90. The Bertz CT molecular complexity index is 442. The minimum absolute atomic E-state index is 0. The first kappa shape index (κ1) is 18.8. The second kappa shape index (κ2) is 9.70. The summed E-state index contributed by atoms with van der Waals surface area (Å²) in [6.07, 6.45) is 3.23. The van der Waals surface area contributed by atoms with E-state index in [0.717, 1.165) is 25.1 Å². The van der Waals surface area contributed by atoms with Crippen LogP contribution in [0.4, 0.5) is 0 Å². The first-order valence-electron chi connectivity index (χ1n) is 7.90. The Morgan fingerprint density at radius 2 is 2.05 bits per heavy atom. The minimum atomic E-state index is -0.0240. The zero-order valence-corrected chi connectivity index (χ0v) is 14.2. The lowest BCUT2D eigenvalue weighted by Gasteiger charge is -2.22. The molecule has 0 aliphatic carbocycles. The fourth-order valence-corrected chi connectivity index (χ4v) is 2.49. The van der Waals surface area contributed by atoms with Gasteiger partial charge in [-0.2, -0.15) is 0 Å². The van der Waals surface area contributed by atoms with E-state index in [1.165, 1.54) is 12.0 Å². The van der Waals surface area contributed by atoms with Crippen molar-refractivity contribution in [3.05, 3.63) is 29.8 Å². The van der Waals surface area contributed by atoms with Crippen molar-refractivity contribution in [2.24, 2.45) is 0 Å². The van der Waals surface area contributed by atoms with E-state index in [1.807, 2.05) is 12.1 Å². The number of rotatable bonds is 6. The van der Waals surface area contributed by atoms with E-state index >= 15 is 0 Å². The summed E-state index contributed by atoms with van der Waals surface area (Å²) in [7, 11) is 0. The molecule has 1 saturated heterocycles. The molecule has 1 amide bonds. The number of carbonyl (C=O) groups is 1. The third-order valence-electron chi connectivity index (χ3n) is 3.84. The van der Waals surface area contributed by atoms with Crippen LogP contribution in [0.2, 0.25) is 0 Å². The van der Waals surface area contributed by atoms with Gasteiger partial charge in [-0.1, -0.05) is 32.4 Å². The molecule has 124 valence electrons. The smallest absolute Gasteiger partial charge is 0.237 e. The van der Waals surface area contributed by atoms with Crippen LogP contribution >= 0.6 is 12.4 Å². The zero-order valence-electron chi connectivity index (χ0n) is 13.4. The standard InChI is InChI=1S/C17H26N2O2.ClH/c1-13(2)14-6-8-15(9-7-14)21-12-11-19-17(20)16-5-3-4-10-18-16;/h6-9,13,16,18H,3-5,10-12H2,1-2H3,(H,19,20);1H. The number of hydrogen-bond acceptors (Lipinski definition) is 3. The van der Waals surface area contributed by atoms with Crippen molar-refractivity contribution in [3.8, 4) is 5.75 Å². The van der Waals surface area contributed by atoms with Crippen LogP contribution in [-0.4, -0.2) is 31.6 Å². The molecule has 1 heterocycles. The molecule has 4 nitrogen and oxygen atoms in total. The van der Waals surface area contributed by atoms with Gasteiger partial charge in [0.25, 0.3) is 0 Å². The van der Waals surface area contributed by atoms with Gasteiger partial charge in [0.1, 0.15) is 12.4 Å². The highest BCUT2D eigenvalue weighted by Crippen LogP contribution is 2.18. The molecule has 2 N–H and O–H groups in total. The summed E-state index contributed by atoms with van der Waals surface area (Å²) in [5, 5.41) is 6.17. The summed E-state index contributed by atoms with van der Waals surface area (Å²) in [4.78, 5) is 11.9. The quantitative estimate of drug-likeness (QED) is 0.790. The molecule has 0 radical (unpaired) electrons. The third-order valence-corrected chi connectivity index (χ3v) is 3.84. The van der Waals surface area contributed by atoms with Gasteiger partial charge in [0.05, 0.1) is 12.6 Å². The Morgan fingerprint density at radius 1 is 1.32 bits per heavy atom. The fourth-order valence-electron chi connectivity index (χ4n) is 2.49. The minimum Gasteiger partial charge on any atom is -0.492 e. The van der Waals surface area contributed by atoms with E-state index in [-0.39, 0.29) is 24.4 Å². The Balaban J connectivity index is 0.00000242. The Kier molecular flexibility index (Phi) is 8.28. The van der Waals surface area contributed by atoms with Crippen molar-refractivity contribution in [1.29, 1.82) is 0 Å². The third kappa shape index (κ3) is 5.85. The molecule has 1 aliphatic rings. The van der Waals surface area contributed by atoms with Gasteiger partial charge < -0.3 is 15.4 Å². The van der Waals surface area contributed by atoms with Gasteiger partial charge in [0.15, 0.2) is 0 Å². The molecule has 1 unspecified atom stereocenters. The molecule has 0 aromatic heterocycles.